The maximum absolute atomic E-state index is 13.1. The van der Waals surface area contributed by atoms with Crippen molar-refractivity contribution in [3.8, 4) is 0 Å². The minimum Gasteiger partial charge on any atom is -0.459 e. The molecule has 4 rings (SSSR count). The molecule has 0 radical (unpaired) electrons. The topological polar surface area (TPSA) is 96.0 Å². The van der Waals surface area contributed by atoms with Gasteiger partial charge in [-0.3, -0.25) is 14.4 Å². The Morgan fingerprint density at radius 3 is 2.31 bits per heavy atom. The second-order valence-electron chi connectivity index (χ2n) is 6.77. The lowest BCUT2D eigenvalue weighted by atomic mass is 10.2. The van der Waals surface area contributed by atoms with Crippen molar-refractivity contribution in [2.75, 3.05) is 31.5 Å². The van der Waals surface area contributed by atoms with Gasteiger partial charge in [0.05, 0.1) is 6.26 Å². The number of rotatable bonds is 4. The summed E-state index contributed by atoms with van der Waals surface area (Å²) < 4.78 is 11.0. The van der Waals surface area contributed by atoms with Crippen molar-refractivity contribution in [3.05, 3.63) is 54.2 Å². The molecule has 1 saturated heterocycles. The third-order valence-corrected chi connectivity index (χ3v) is 4.96. The monoisotopic (exact) mass is 395 g/mol. The molecule has 3 aromatic rings. The van der Waals surface area contributed by atoms with Crippen LogP contribution in [-0.4, -0.2) is 53.7 Å². The van der Waals surface area contributed by atoms with Crippen LogP contribution in [0.1, 0.15) is 34.5 Å². The highest BCUT2D eigenvalue weighted by Crippen LogP contribution is 2.32. The molecule has 0 spiro atoms. The minimum atomic E-state index is -0.308. The predicted molar refractivity (Wildman–Crippen MR) is 106 cm³/mol. The van der Waals surface area contributed by atoms with Gasteiger partial charge in [0.1, 0.15) is 11.3 Å². The molecule has 0 atom stereocenters. The van der Waals surface area contributed by atoms with Crippen molar-refractivity contribution in [1.29, 1.82) is 0 Å². The minimum absolute atomic E-state index is 0.110. The fourth-order valence-corrected chi connectivity index (χ4v) is 3.36. The van der Waals surface area contributed by atoms with Gasteiger partial charge in [-0.1, -0.05) is 19.1 Å². The van der Waals surface area contributed by atoms with E-state index in [0.29, 0.717) is 49.3 Å². The number of para-hydroxylation sites is 1. The summed E-state index contributed by atoms with van der Waals surface area (Å²) >= 11 is 0. The largest absolute Gasteiger partial charge is 0.459 e. The van der Waals surface area contributed by atoms with E-state index in [1.54, 1.807) is 41.0 Å². The van der Waals surface area contributed by atoms with Crippen LogP contribution >= 0.6 is 0 Å². The van der Waals surface area contributed by atoms with Crippen LogP contribution < -0.4 is 5.32 Å². The van der Waals surface area contributed by atoms with E-state index in [2.05, 4.69) is 5.32 Å². The number of fused-ring (bicyclic) bond motifs is 1. The maximum atomic E-state index is 13.1. The number of carbonyl (C=O) groups excluding carboxylic acids is 3. The molecular formula is C21H21N3O5. The quantitative estimate of drug-likeness (QED) is 0.733. The zero-order valence-corrected chi connectivity index (χ0v) is 16.0. The number of nitrogens with zero attached hydrogens (tertiary/aromatic N) is 2. The van der Waals surface area contributed by atoms with Crippen LogP contribution in [0.3, 0.4) is 0 Å². The molecule has 29 heavy (non-hydrogen) atoms. The summed E-state index contributed by atoms with van der Waals surface area (Å²) in [5.41, 5.74) is 0.931. The Morgan fingerprint density at radius 1 is 0.966 bits per heavy atom. The van der Waals surface area contributed by atoms with Gasteiger partial charge in [-0.25, -0.2) is 0 Å². The Labute approximate surface area is 167 Å². The van der Waals surface area contributed by atoms with E-state index < -0.39 is 0 Å². The van der Waals surface area contributed by atoms with E-state index in [1.807, 2.05) is 12.1 Å². The first-order valence-corrected chi connectivity index (χ1v) is 9.52. The van der Waals surface area contributed by atoms with Crippen LogP contribution in [-0.2, 0) is 4.79 Å². The summed E-state index contributed by atoms with van der Waals surface area (Å²) in [6, 6.07) is 10.5. The van der Waals surface area contributed by atoms with Crippen molar-refractivity contribution in [2.45, 2.75) is 13.3 Å². The first kappa shape index (κ1) is 18.8. The van der Waals surface area contributed by atoms with Gasteiger partial charge in [0.15, 0.2) is 5.76 Å². The number of furan rings is 2. The smallest absolute Gasteiger partial charge is 0.291 e. The van der Waals surface area contributed by atoms with Gasteiger partial charge in [0.2, 0.25) is 11.7 Å². The first-order valence-electron chi connectivity index (χ1n) is 9.52. The highest BCUT2D eigenvalue weighted by molar-refractivity contribution is 6.10. The number of piperazine rings is 1. The number of carbonyl (C=O) groups is 3. The van der Waals surface area contributed by atoms with Gasteiger partial charge in [-0.15, -0.1) is 0 Å². The lowest BCUT2D eigenvalue weighted by Gasteiger charge is -2.34. The molecule has 0 saturated carbocycles. The molecule has 0 aliphatic carbocycles. The Hall–Kier alpha value is -3.55. The third kappa shape index (κ3) is 3.61. The number of hydrogen-bond donors (Lipinski definition) is 1. The summed E-state index contributed by atoms with van der Waals surface area (Å²) in [4.78, 5) is 40.8. The summed E-state index contributed by atoms with van der Waals surface area (Å²) in [5, 5.41) is 3.48. The van der Waals surface area contributed by atoms with Crippen molar-refractivity contribution < 1.29 is 23.2 Å². The van der Waals surface area contributed by atoms with Crippen molar-refractivity contribution in [1.82, 2.24) is 9.80 Å². The Bertz CT molecular complexity index is 1050. The van der Waals surface area contributed by atoms with Gasteiger partial charge < -0.3 is 24.0 Å². The highest BCUT2D eigenvalue weighted by atomic mass is 16.4. The summed E-state index contributed by atoms with van der Waals surface area (Å²) in [6.07, 6.45) is 1.75. The van der Waals surface area contributed by atoms with E-state index in [-0.39, 0.29) is 29.2 Å². The molecular weight excluding hydrogens is 374 g/mol. The molecule has 1 aliphatic heterocycles. The van der Waals surface area contributed by atoms with E-state index >= 15 is 0 Å². The number of nitrogens with one attached hydrogen (secondary N) is 1. The summed E-state index contributed by atoms with van der Waals surface area (Å²) in [7, 11) is 0. The van der Waals surface area contributed by atoms with Crippen molar-refractivity contribution in [3.63, 3.8) is 0 Å². The zero-order chi connectivity index (χ0) is 20.4. The van der Waals surface area contributed by atoms with Gasteiger partial charge in [0, 0.05) is 38.0 Å². The molecule has 0 bridgehead atoms. The SMILES string of the molecule is CCC(=O)Nc1c(C(=O)N2CCN(C(=O)c3ccco3)CC2)oc2ccccc12. The summed E-state index contributed by atoms with van der Waals surface area (Å²) in [6.45, 7) is 3.26. The summed E-state index contributed by atoms with van der Waals surface area (Å²) in [5.74, 6) is -0.302. The van der Waals surface area contributed by atoms with E-state index in [4.69, 9.17) is 8.83 Å². The van der Waals surface area contributed by atoms with Gasteiger partial charge in [-0.2, -0.15) is 0 Å². The Morgan fingerprint density at radius 2 is 1.66 bits per heavy atom. The molecule has 1 aromatic carbocycles. The fourth-order valence-electron chi connectivity index (χ4n) is 3.36. The van der Waals surface area contributed by atoms with Crippen LogP contribution in [0.15, 0.2) is 51.5 Å². The molecule has 3 amide bonds. The average molecular weight is 395 g/mol. The van der Waals surface area contributed by atoms with Crippen molar-refractivity contribution in [2.24, 2.45) is 0 Å². The lowest BCUT2D eigenvalue weighted by Crippen LogP contribution is -2.50. The molecule has 1 N–H and O–H groups in total. The molecule has 8 nitrogen and oxygen atoms in total. The van der Waals surface area contributed by atoms with E-state index in [0.717, 1.165) is 0 Å². The standard InChI is InChI=1S/C21H21N3O5/c1-2-17(25)22-18-14-6-3-4-7-15(14)29-19(18)21(27)24-11-9-23(10-12-24)20(26)16-8-5-13-28-16/h3-8,13H,2,9-12H2,1H3,(H,22,25). The fraction of sp³-hybridized carbons (Fsp3) is 0.286. The Kier molecular flexibility index (Phi) is 5.07. The number of anilines is 1. The highest BCUT2D eigenvalue weighted by Gasteiger charge is 2.30. The molecule has 150 valence electrons. The van der Waals surface area contributed by atoms with Crippen LogP contribution in [0.2, 0.25) is 0 Å². The average Bonchev–Trinajstić information content (AvgIpc) is 3.41. The Balaban J connectivity index is 1.53. The second kappa shape index (κ2) is 7.83. The van der Waals surface area contributed by atoms with E-state index in [9.17, 15) is 14.4 Å². The number of amides is 3. The van der Waals surface area contributed by atoms with E-state index in [1.165, 1.54) is 6.26 Å². The van der Waals surface area contributed by atoms with Crippen molar-refractivity contribution >= 4 is 34.4 Å². The molecule has 1 aliphatic rings. The molecule has 1 fully saturated rings. The van der Waals surface area contributed by atoms with Crippen LogP contribution in [0, 0.1) is 0 Å². The van der Waals surface area contributed by atoms with Gasteiger partial charge >= 0.3 is 0 Å². The zero-order valence-electron chi connectivity index (χ0n) is 16.0. The predicted octanol–water partition coefficient (Wildman–Crippen LogP) is 2.97. The van der Waals surface area contributed by atoms with Crippen LogP contribution in [0.4, 0.5) is 5.69 Å². The molecule has 2 aromatic heterocycles. The lowest BCUT2D eigenvalue weighted by molar-refractivity contribution is -0.115. The number of benzene rings is 1. The molecule has 8 heteroatoms. The second-order valence-corrected chi connectivity index (χ2v) is 6.77. The van der Waals surface area contributed by atoms with Gasteiger partial charge in [0.25, 0.3) is 11.8 Å². The van der Waals surface area contributed by atoms with Crippen LogP contribution in [0.25, 0.3) is 11.0 Å². The normalized spacial score (nSPS) is 14.2. The van der Waals surface area contributed by atoms with Crippen LogP contribution in [0.5, 0.6) is 0 Å². The van der Waals surface area contributed by atoms with Gasteiger partial charge in [-0.05, 0) is 24.3 Å². The number of hydrogen-bond acceptors (Lipinski definition) is 5. The third-order valence-electron chi connectivity index (χ3n) is 4.96. The molecule has 3 heterocycles. The maximum Gasteiger partial charge on any atom is 0.291 e. The molecule has 0 unspecified atom stereocenters. The first-order chi connectivity index (χ1) is 14.1.